The second-order valence-corrected chi connectivity index (χ2v) is 6.77. The summed E-state index contributed by atoms with van der Waals surface area (Å²) in [6.45, 7) is 8.76. The van der Waals surface area contributed by atoms with E-state index in [-0.39, 0.29) is 18.1 Å². The van der Waals surface area contributed by atoms with E-state index in [1.165, 1.54) is 12.8 Å². The zero-order chi connectivity index (χ0) is 14.6. The summed E-state index contributed by atoms with van der Waals surface area (Å²) in [4.78, 5) is 14.0. The summed E-state index contributed by atoms with van der Waals surface area (Å²) in [7, 11) is 1.88. The van der Waals surface area contributed by atoms with Crippen molar-refractivity contribution >= 4 is 5.91 Å². The Morgan fingerprint density at radius 3 is 2.58 bits per heavy atom. The molecule has 1 fully saturated rings. The first-order chi connectivity index (χ1) is 8.77. The van der Waals surface area contributed by atoms with E-state index in [0.29, 0.717) is 24.4 Å². The number of amides is 1. The summed E-state index contributed by atoms with van der Waals surface area (Å²) in [5, 5.41) is 12.5. The van der Waals surface area contributed by atoms with Gasteiger partial charge in [-0.2, -0.15) is 0 Å². The van der Waals surface area contributed by atoms with Gasteiger partial charge in [0, 0.05) is 11.6 Å². The predicted octanol–water partition coefficient (Wildman–Crippen LogP) is 1.63. The van der Waals surface area contributed by atoms with Gasteiger partial charge in [-0.05, 0) is 39.2 Å². The fourth-order valence-corrected chi connectivity index (χ4v) is 2.59. The maximum atomic E-state index is 12.1. The van der Waals surface area contributed by atoms with Crippen molar-refractivity contribution < 1.29 is 9.90 Å². The molecule has 1 saturated carbocycles. The highest BCUT2D eigenvalue weighted by Crippen LogP contribution is 2.29. The van der Waals surface area contributed by atoms with Crippen LogP contribution in [0.1, 0.15) is 47.0 Å². The molecule has 1 aliphatic carbocycles. The van der Waals surface area contributed by atoms with Gasteiger partial charge in [0.25, 0.3) is 0 Å². The van der Waals surface area contributed by atoms with Crippen molar-refractivity contribution in [1.82, 2.24) is 10.2 Å². The van der Waals surface area contributed by atoms with Gasteiger partial charge < -0.3 is 10.4 Å². The van der Waals surface area contributed by atoms with Crippen LogP contribution in [-0.4, -0.2) is 47.7 Å². The molecule has 4 nitrogen and oxygen atoms in total. The largest absolute Gasteiger partial charge is 0.394 e. The number of aliphatic hydroxyl groups is 1. The van der Waals surface area contributed by atoms with Gasteiger partial charge >= 0.3 is 0 Å². The quantitative estimate of drug-likeness (QED) is 0.798. The molecule has 0 aliphatic heterocycles. The molecule has 0 spiro atoms. The molecule has 3 atom stereocenters. The van der Waals surface area contributed by atoms with Crippen molar-refractivity contribution in [1.29, 1.82) is 0 Å². The summed E-state index contributed by atoms with van der Waals surface area (Å²) in [5.41, 5.74) is -0.358. The van der Waals surface area contributed by atoms with Gasteiger partial charge in [0.2, 0.25) is 5.91 Å². The van der Waals surface area contributed by atoms with Gasteiger partial charge in [-0.25, -0.2) is 0 Å². The molecule has 19 heavy (non-hydrogen) atoms. The molecular formula is C15H30N2O2. The summed E-state index contributed by atoms with van der Waals surface area (Å²) in [6, 6.07) is 0.307. The summed E-state index contributed by atoms with van der Waals surface area (Å²) in [5.74, 6) is 1.30. The Hall–Kier alpha value is -0.610. The van der Waals surface area contributed by atoms with E-state index in [4.69, 9.17) is 0 Å². The lowest BCUT2D eigenvalue weighted by atomic mass is 9.78. The lowest BCUT2D eigenvalue weighted by molar-refractivity contribution is -0.124. The van der Waals surface area contributed by atoms with Crippen LogP contribution in [0, 0.1) is 11.8 Å². The average molecular weight is 270 g/mol. The predicted molar refractivity (Wildman–Crippen MR) is 77.9 cm³/mol. The van der Waals surface area contributed by atoms with Crippen molar-refractivity contribution in [3.05, 3.63) is 0 Å². The molecule has 2 N–H and O–H groups in total. The van der Waals surface area contributed by atoms with Crippen molar-refractivity contribution in [2.75, 3.05) is 20.2 Å². The van der Waals surface area contributed by atoms with E-state index in [2.05, 4.69) is 19.2 Å². The monoisotopic (exact) mass is 270 g/mol. The van der Waals surface area contributed by atoms with Gasteiger partial charge in [-0.15, -0.1) is 0 Å². The highest BCUT2D eigenvalue weighted by molar-refractivity contribution is 5.78. The highest BCUT2D eigenvalue weighted by Gasteiger charge is 2.29. The SMILES string of the molecule is CC1CCCC(NC(=O)CN(C)C(C)(C)CO)C1C. The number of aliphatic hydroxyl groups excluding tert-OH is 1. The summed E-state index contributed by atoms with van der Waals surface area (Å²) >= 11 is 0. The van der Waals surface area contributed by atoms with Gasteiger partial charge in [-0.1, -0.05) is 26.7 Å². The Bertz CT molecular complexity index is 305. The van der Waals surface area contributed by atoms with Crippen LogP contribution in [-0.2, 0) is 4.79 Å². The second-order valence-electron chi connectivity index (χ2n) is 6.77. The van der Waals surface area contributed by atoms with Gasteiger partial charge in [0.1, 0.15) is 0 Å². The highest BCUT2D eigenvalue weighted by atomic mass is 16.3. The zero-order valence-electron chi connectivity index (χ0n) is 13.1. The molecule has 0 radical (unpaired) electrons. The number of carbonyl (C=O) groups is 1. The van der Waals surface area contributed by atoms with E-state index in [9.17, 15) is 9.90 Å². The van der Waals surface area contributed by atoms with Crippen LogP contribution < -0.4 is 5.32 Å². The van der Waals surface area contributed by atoms with E-state index >= 15 is 0 Å². The van der Waals surface area contributed by atoms with Gasteiger partial charge in [-0.3, -0.25) is 9.69 Å². The number of nitrogens with one attached hydrogen (secondary N) is 1. The smallest absolute Gasteiger partial charge is 0.234 e. The third-order valence-electron chi connectivity index (χ3n) is 4.85. The number of hydrogen-bond donors (Lipinski definition) is 2. The molecule has 1 amide bonds. The number of likely N-dealkylation sites (N-methyl/N-ethyl adjacent to an activating group) is 1. The van der Waals surface area contributed by atoms with Crippen LogP contribution in [0.15, 0.2) is 0 Å². The maximum absolute atomic E-state index is 12.1. The molecule has 3 unspecified atom stereocenters. The normalized spacial score (nSPS) is 28.5. The van der Waals surface area contributed by atoms with Crippen LogP contribution >= 0.6 is 0 Å². The van der Waals surface area contributed by atoms with Crippen molar-refractivity contribution in [2.45, 2.75) is 58.5 Å². The van der Waals surface area contributed by atoms with Crippen LogP contribution in [0.2, 0.25) is 0 Å². The van der Waals surface area contributed by atoms with Gasteiger partial charge in [0.15, 0.2) is 0 Å². The van der Waals surface area contributed by atoms with E-state index in [1.54, 1.807) is 0 Å². The average Bonchev–Trinajstić information content (AvgIpc) is 2.34. The number of carbonyl (C=O) groups excluding carboxylic acids is 1. The molecule has 4 heteroatoms. The Morgan fingerprint density at radius 1 is 1.37 bits per heavy atom. The number of nitrogens with zero attached hydrogens (tertiary/aromatic N) is 1. The summed E-state index contributed by atoms with van der Waals surface area (Å²) in [6.07, 6.45) is 3.56. The summed E-state index contributed by atoms with van der Waals surface area (Å²) < 4.78 is 0. The minimum absolute atomic E-state index is 0.0493. The van der Waals surface area contributed by atoms with Crippen LogP contribution in [0.5, 0.6) is 0 Å². The Kier molecular flexibility index (Phi) is 5.81. The van der Waals surface area contributed by atoms with Crippen LogP contribution in [0.4, 0.5) is 0 Å². The minimum Gasteiger partial charge on any atom is -0.394 e. The Morgan fingerprint density at radius 2 is 2.00 bits per heavy atom. The first-order valence-electron chi connectivity index (χ1n) is 7.39. The first kappa shape index (κ1) is 16.4. The van der Waals surface area contributed by atoms with E-state index < -0.39 is 0 Å². The Balaban J connectivity index is 2.47. The fraction of sp³-hybridized carbons (Fsp3) is 0.933. The lowest BCUT2D eigenvalue weighted by Gasteiger charge is -2.36. The van der Waals surface area contributed by atoms with Crippen LogP contribution in [0.25, 0.3) is 0 Å². The fourth-order valence-electron chi connectivity index (χ4n) is 2.59. The minimum atomic E-state index is -0.358. The molecule has 1 rings (SSSR count). The number of hydrogen-bond acceptors (Lipinski definition) is 3. The maximum Gasteiger partial charge on any atom is 0.234 e. The molecule has 1 aliphatic rings. The molecule has 0 bridgehead atoms. The van der Waals surface area contributed by atoms with Gasteiger partial charge in [0.05, 0.1) is 13.2 Å². The third kappa shape index (κ3) is 4.46. The molecule has 0 saturated heterocycles. The topological polar surface area (TPSA) is 52.6 Å². The van der Waals surface area contributed by atoms with Crippen molar-refractivity contribution in [3.8, 4) is 0 Å². The molecular weight excluding hydrogens is 240 g/mol. The van der Waals surface area contributed by atoms with Crippen LogP contribution in [0.3, 0.4) is 0 Å². The molecule has 0 heterocycles. The molecule has 0 aromatic carbocycles. The Labute approximate surface area is 117 Å². The van der Waals surface area contributed by atoms with E-state index in [1.807, 2.05) is 25.8 Å². The molecule has 0 aromatic rings. The van der Waals surface area contributed by atoms with Crippen molar-refractivity contribution in [2.24, 2.45) is 11.8 Å². The molecule has 0 aromatic heterocycles. The zero-order valence-corrected chi connectivity index (χ0v) is 13.1. The lowest BCUT2D eigenvalue weighted by Crippen LogP contribution is -2.51. The number of rotatable bonds is 5. The van der Waals surface area contributed by atoms with E-state index in [0.717, 1.165) is 6.42 Å². The second kappa shape index (κ2) is 6.71. The first-order valence-corrected chi connectivity index (χ1v) is 7.39. The molecule has 112 valence electrons. The third-order valence-corrected chi connectivity index (χ3v) is 4.85. The van der Waals surface area contributed by atoms with Crippen molar-refractivity contribution in [3.63, 3.8) is 0 Å². The standard InChI is InChI=1S/C15H30N2O2/c1-11-7-6-8-13(12(11)2)16-14(19)9-17(5)15(3,4)10-18/h11-13,18H,6-10H2,1-5H3,(H,16,19).